The van der Waals surface area contributed by atoms with E-state index < -0.39 is 6.10 Å². The van der Waals surface area contributed by atoms with Crippen molar-refractivity contribution < 1.29 is 14.6 Å². The number of hydrogen-bond acceptors (Lipinski definition) is 3. The predicted molar refractivity (Wildman–Crippen MR) is 79.8 cm³/mol. The van der Waals surface area contributed by atoms with Gasteiger partial charge in [-0.25, -0.2) is 0 Å². The molecule has 0 bridgehead atoms. The summed E-state index contributed by atoms with van der Waals surface area (Å²) in [6.07, 6.45) is 0.561. The molecule has 4 nitrogen and oxygen atoms in total. The molecule has 1 unspecified atom stereocenters. The van der Waals surface area contributed by atoms with Crippen LogP contribution in [0.15, 0.2) is 18.2 Å². The Morgan fingerprint density at radius 3 is 2.70 bits per heavy atom. The normalized spacial score (nSPS) is 12.2. The Morgan fingerprint density at radius 1 is 1.40 bits per heavy atom. The van der Waals surface area contributed by atoms with Crippen LogP contribution in [0, 0.1) is 13.8 Å². The van der Waals surface area contributed by atoms with Gasteiger partial charge in [-0.2, -0.15) is 0 Å². The van der Waals surface area contributed by atoms with E-state index in [4.69, 9.17) is 4.74 Å². The third-order valence-electron chi connectivity index (χ3n) is 3.38. The number of hydrogen-bond donors (Lipinski definition) is 1. The number of likely N-dealkylation sites (N-methyl/N-ethyl adjacent to an activating group) is 1. The first kappa shape index (κ1) is 16.7. The number of carbonyl (C=O) groups excluding carboxylic acids is 1. The molecule has 1 aromatic rings. The highest BCUT2D eigenvalue weighted by Gasteiger charge is 2.13. The number of aliphatic hydroxyl groups is 1. The van der Waals surface area contributed by atoms with E-state index in [9.17, 15) is 9.90 Å². The molecule has 0 aliphatic rings. The molecule has 0 spiro atoms. The van der Waals surface area contributed by atoms with Gasteiger partial charge in [0.15, 0.2) is 0 Å². The molecule has 1 N–H and O–H groups in total. The quantitative estimate of drug-likeness (QED) is 0.826. The lowest BCUT2D eigenvalue weighted by Gasteiger charge is -2.20. The molecule has 112 valence electrons. The van der Waals surface area contributed by atoms with Gasteiger partial charge in [0.1, 0.15) is 0 Å². The number of carbonyl (C=O) groups is 1. The summed E-state index contributed by atoms with van der Waals surface area (Å²) in [6.45, 7) is 4.68. The number of aryl methyl sites for hydroxylation is 3. The molecule has 1 atom stereocenters. The minimum Gasteiger partial charge on any atom is -0.389 e. The standard InChI is InChI=1S/C16H25NO3/c1-12-5-6-14(13(2)9-12)7-8-16(19)17(3)10-15(18)11-20-4/h5-6,9,15,18H,7-8,10-11H2,1-4H3. The van der Waals surface area contributed by atoms with Crippen LogP contribution in [0.1, 0.15) is 23.1 Å². The fraction of sp³-hybridized carbons (Fsp3) is 0.562. The number of nitrogens with zero attached hydrogens (tertiary/aromatic N) is 1. The van der Waals surface area contributed by atoms with Gasteiger partial charge in [0.25, 0.3) is 0 Å². The zero-order valence-corrected chi connectivity index (χ0v) is 12.8. The molecule has 4 heteroatoms. The van der Waals surface area contributed by atoms with Crippen LogP contribution in [0.25, 0.3) is 0 Å². The summed E-state index contributed by atoms with van der Waals surface area (Å²) >= 11 is 0. The van der Waals surface area contributed by atoms with Crippen LogP contribution in [0.2, 0.25) is 0 Å². The number of rotatable bonds is 7. The maximum atomic E-state index is 12.0. The van der Waals surface area contributed by atoms with Crippen molar-refractivity contribution in [3.05, 3.63) is 34.9 Å². The summed E-state index contributed by atoms with van der Waals surface area (Å²) in [4.78, 5) is 13.6. The molecule has 1 aromatic carbocycles. The van der Waals surface area contributed by atoms with Crippen LogP contribution in [0.3, 0.4) is 0 Å². The van der Waals surface area contributed by atoms with Gasteiger partial charge >= 0.3 is 0 Å². The molecule has 0 saturated heterocycles. The Balaban J connectivity index is 2.46. The third-order valence-corrected chi connectivity index (χ3v) is 3.38. The average Bonchev–Trinajstić information content (AvgIpc) is 2.37. The fourth-order valence-corrected chi connectivity index (χ4v) is 2.22. The van der Waals surface area contributed by atoms with Crippen molar-refractivity contribution >= 4 is 5.91 Å². The highest BCUT2D eigenvalue weighted by Crippen LogP contribution is 2.13. The van der Waals surface area contributed by atoms with Gasteiger partial charge in [0.05, 0.1) is 12.7 Å². The first-order chi connectivity index (χ1) is 9.43. The highest BCUT2D eigenvalue weighted by molar-refractivity contribution is 5.76. The van der Waals surface area contributed by atoms with Crippen LogP contribution in [-0.2, 0) is 16.0 Å². The number of aliphatic hydroxyl groups excluding tert-OH is 1. The van der Waals surface area contributed by atoms with Crippen LogP contribution < -0.4 is 0 Å². The molecule has 20 heavy (non-hydrogen) atoms. The van der Waals surface area contributed by atoms with E-state index in [-0.39, 0.29) is 12.5 Å². The van der Waals surface area contributed by atoms with Crippen molar-refractivity contribution in [2.45, 2.75) is 32.8 Å². The lowest BCUT2D eigenvalue weighted by molar-refractivity contribution is -0.131. The van der Waals surface area contributed by atoms with Gasteiger partial charge in [0, 0.05) is 27.1 Å². The Kier molecular flexibility index (Phi) is 6.68. The second-order valence-electron chi connectivity index (χ2n) is 5.31. The summed E-state index contributed by atoms with van der Waals surface area (Å²) in [7, 11) is 3.24. The van der Waals surface area contributed by atoms with Crippen molar-refractivity contribution in [2.75, 3.05) is 27.3 Å². The Labute approximate surface area is 121 Å². The van der Waals surface area contributed by atoms with Crippen LogP contribution >= 0.6 is 0 Å². The number of ether oxygens (including phenoxy) is 1. The summed E-state index contributed by atoms with van der Waals surface area (Å²) in [5, 5.41) is 9.61. The highest BCUT2D eigenvalue weighted by atomic mass is 16.5. The van der Waals surface area contributed by atoms with E-state index in [0.29, 0.717) is 13.0 Å². The average molecular weight is 279 g/mol. The monoisotopic (exact) mass is 279 g/mol. The molecule has 0 aromatic heterocycles. The maximum absolute atomic E-state index is 12.0. The molecule has 1 rings (SSSR count). The van der Waals surface area contributed by atoms with Crippen molar-refractivity contribution in [1.82, 2.24) is 4.90 Å². The molecular formula is C16H25NO3. The topological polar surface area (TPSA) is 49.8 Å². The molecular weight excluding hydrogens is 254 g/mol. The van der Waals surface area contributed by atoms with E-state index in [0.717, 1.165) is 6.42 Å². The summed E-state index contributed by atoms with van der Waals surface area (Å²) in [6, 6.07) is 6.28. The number of benzene rings is 1. The Bertz CT molecular complexity index is 445. The first-order valence-electron chi connectivity index (χ1n) is 6.91. The molecule has 0 aliphatic carbocycles. The van der Waals surface area contributed by atoms with Crippen molar-refractivity contribution in [1.29, 1.82) is 0 Å². The van der Waals surface area contributed by atoms with Gasteiger partial charge < -0.3 is 14.7 Å². The van der Waals surface area contributed by atoms with Crippen LogP contribution in [0.4, 0.5) is 0 Å². The maximum Gasteiger partial charge on any atom is 0.222 e. The van der Waals surface area contributed by atoms with Gasteiger partial charge in [-0.1, -0.05) is 23.8 Å². The second-order valence-corrected chi connectivity index (χ2v) is 5.31. The summed E-state index contributed by atoms with van der Waals surface area (Å²) < 4.78 is 4.85. The largest absolute Gasteiger partial charge is 0.389 e. The van der Waals surface area contributed by atoms with E-state index in [1.54, 1.807) is 11.9 Å². The van der Waals surface area contributed by atoms with Crippen LogP contribution in [0.5, 0.6) is 0 Å². The zero-order chi connectivity index (χ0) is 15.1. The molecule has 0 saturated carbocycles. The predicted octanol–water partition coefficient (Wildman–Crippen LogP) is 1.70. The van der Waals surface area contributed by atoms with E-state index in [2.05, 4.69) is 32.0 Å². The Hall–Kier alpha value is -1.39. The first-order valence-corrected chi connectivity index (χ1v) is 6.91. The van der Waals surface area contributed by atoms with Crippen molar-refractivity contribution in [3.63, 3.8) is 0 Å². The molecule has 0 fully saturated rings. The van der Waals surface area contributed by atoms with E-state index >= 15 is 0 Å². The lowest BCUT2D eigenvalue weighted by Crippen LogP contribution is -2.36. The third kappa shape index (κ3) is 5.31. The van der Waals surface area contributed by atoms with Gasteiger partial charge in [-0.15, -0.1) is 0 Å². The number of methoxy groups -OCH3 is 1. The molecule has 0 aliphatic heterocycles. The van der Waals surface area contributed by atoms with E-state index in [1.165, 1.54) is 23.8 Å². The minimum absolute atomic E-state index is 0.0418. The fourth-order valence-electron chi connectivity index (χ4n) is 2.22. The van der Waals surface area contributed by atoms with Crippen LogP contribution in [-0.4, -0.2) is 49.3 Å². The van der Waals surface area contributed by atoms with Gasteiger partial charge in [-0.05, 0) is 31.4 Å². The summed E-state index contributed by atoms with van der Waals surface area (Å²) in [5.74, 6) is 0.0418. The molecule has 0 radical (unpaired) electrons. The minimum atomic E-state index is -0.630. The van der Waals surface area contributed by atoms with E-state index in [1.807, 2.05) is 0 Å². The summed E-state index contributed by atoms with van der Waals surface area (Å²) in [5.41, 5.74) is 3.66. The second kappa shape index (κ2) is 8.02. The smallest absolute Gasteiger partial charge is 0.222 e. The molecule has 1 amide bonds. The van der Waals surface area contributed by atoms with Gasteiger partial charge in [0.2, 0.25) is 5.91 Å². The Morgan fingerprint density at radius 2 is 2.10 bits per heavy atom. The molecule has 0 heterocycles. The zero-order valence-electron chi connectivity index (χ0n) is 12.8. The van der Waals surface area contributed by atoms with Crippen molar-refractivity contribution in [3.8, 4) is 0 Å². The van der Waals surface area contributed by atoms with Crippen molar-refractivity contribution in [2.24, 2.45) is 0 Å². The SMILES string of the molecule is COCC(O)CN(C)C(=O)CCc1ccc(C)cc1C. The lowest BCUT2D eigenvalue weighted by atomic mass is 10.0. The number of amides is 1. The van der Waals surface area contributed by atoms with Gasteiger partial charge in [-0.3, -0.25) is 4.79 Å².